The first-order valence-electron chi connectivity index (χ1n) is 2.89. The molecule has 5 nitrogen and oxygen atoms in total. The number of carbonyl (C=O) groups is 2. The molecule has 1 fully saturated rings. The maximum absolute atomic E-state index is 10.7. The normalized spacial score (nSPS) is 26.2. The van der Waals surface area contributed by atoms with Crippen molar-refractivity contribution < 1.29 is 14.8 Å². The first-order chi connectivity index (χ1) is 4.66. The van der Waals surface area contributed by atoms with E-state index in [-0.39, 0.29) is 11.5 Å². The molecule has 0 radical (unpaired) electrons. The minimum atomic E-state index is -0.576. The second kappa shape index (κ2) is 2.36. The highest BCUT2D eigenvalue weighted by atomic mass is 16.5. The van der Waals surface area contributed by atoms with E-state index in [1.165, 1.54) is 0 Å². The van der Waals surface area contributed by atoms with Gasteiger partial charge >= 0.3 is 0 Å². The van der Waals surface area contributed by atoms with Crippen LogP contribution in [-0.2, 0) is 9.59 Å². The number of rotatable bonds is 1. The molecule has 0 bridgehead atoms. The van der Waals surface area contributed by atoms with Crippen molar-refractivity contribution in [2.45, 2.75) is 12.5 Å². The van der Waals surface area contributed by atoms with Gasteiger partial charge in [-0.25, -0.2) is 0 Å². The molecule has 0 aliphatic carbocycles. The lowest BCUT2D eigenvalue weighted by molar-refractivity contribution is -0.171. The quantitative estimate of drug-likeness (QED) is 0.355. The summed E-state index contributed by atoms with van der Waals surface area (Å²) in [5, 5.41) is 11.4. The zero-order valence-electron chi connectivity index (χ0n) is 5.50. The molecule has 0 aromatic heterocycles. The van der Waals surface area contributed by atoms with Gasteiger partial charge in [0.1, 0.15) is 0 Å². The van der Waals surface area contributed by atoms with Crippen LogP contribution in [0.2, 0.25) is 0 Å². The van der Waals surface area contributed by atoms with E-state index in [0.29, 0.717) is 0 Å². The van der Waals surface area contributed by atoms with Crippen LogP contribution in [0, 0.1) is 0 Å². The molecule has 1 rings (SSSR count). The molecule has 1 aliphatic rings. The second-order valence-corrected chi connectivity index (χ2v) is 2.09. The third-order valence-corrected chi connectivity index (χ3v) is 1.47. The van der Waals surface area contributed by atoms with Gasteiger partial charge in [-0.2, -0.15) is 5.06 Å². The van der Waals surface area contributed by atoms with Gasteiger partial charge in [0, 0.05) is 0 Å². The van der Waals surface area contributed by atoms with Gasteiger partial charge in [-0.1, -0.05) is 0 Å². The summed E-state index contributed by atoms with van der Waals surface area (Å²) < 4.78 is 0. The largest absolute Gasteiger partial charge is 0.308 e. The van der Waals surface area contributed by atoms with Gasteiger partial charge in [-0.15, -0.1) is 0 Å². The molecular formula is C5H8N2O3. The number of likely N-dealkylation sites (N-methyl/N-ethyl adjacent to an activating group) is 1. The minimum absolute atomic E-state index is 0.0475. The van der Waals surface area contributed by atoms with E-state index in [0.717, 1.165) is 0 Å². The van der Waals surface area contributed by atoms with Crippen molar-refractivity contribution >= 4 is 11.8 Å². The minimum Gasteiger partial charge on any atom is -0.308 e. The van der Waals surface area contributed by atoms with Crippen LogP contribution >= 0.6 is 0 Å². The van der Waals surface area contributed by atoms with Gasteiger partial charge in [-0.05, 0) is 7.05 Å². The molecule has 56 valence electrons. The lowest BCUT2D eigenvalue weighted by atomic mass is 10.2. The first-order valence-corrected chi connectivity index (χ1v) is 2.89. The number of carbonyl (C=O) groups excluding carboxylic acids is 2. The fraction of sp³-hybridized carbons (Fsp3) is 0.600. The molecule has 0 saturated carbocycles. The van der Waals surface area contributed by atoms with Gasteiger partial charge in [0.25, 0.3) is 11.8 Å². The van der Waals surface area contributed by atoms with Crippen LogP contribution in [0.5, 0.6) is 0 Å². The van der Waals surface area contributed by atoms with Crippen molar-refractivity contribution in [3.05, 3.63) is 0 Å². The van der Waals surface area contributed by atoms with Crippen molar-refractivity contribution in [2.24, 2.45) is 0 Å². The molecule has 0 aromatic rings. The Morgan fingerprint density at radius 2 is 2.30 bits per heavy atom. The van der Waals surface area contributed by atoms with E-state index in [9.17, 15) is 9.59 Å². The van der Waals surface area contributed by atoms with Crippen LogP contribution in [0.15, 0.2) is 0 Å². The highest BCUT2D eigenvalue weighted by Gasteiger charge is 2.36. The molecule has 2 N–H and O–H groups in total. The average Bonchev–Trinajstić information content (AvgIpc) is 2.17. The van der Waals surface area contributed by atoms with E-state index >= 15 is 0 Å². The fourth-order valence-corrected chi connectivity index (χ4v) is 0.844. The van der Waals surface area contributed by atoms with Gasteiger partial charge in [0.15, 0.2) is 0 Å². The summed E-state index contributed by atoms with van der Waals surface area (Å²) in [5.41, 5.74) is 0. The topological polar surface area (TPSA) is 69.6 Å². The maximum atomic E-state index is 10.7. The summed E-state index contributed by atoms with van der Waals surface area (Å²) >= 11 is 0. The van der Waals surface area contributed by atoms with E-state index in [1.807, 2.05) is 0 Å². The summed E-state index contributed by atoms with van der Waals surface area (Å²) in [4.78, 5) is 21.3. The molecule has 1 heterocycles. The predicted octanol–water partition coefficient (Wildman–Crippen LogP) is -1.28. The Labute approximate surface area is 57.6 Å². The Bertz CT molecular complexity index is 180. The molecule has 2 amide bonds. The molecule has 0 spiro atoms. The summed E-state index contributed by atoms with van der Waals surface area (Å²) in [6.45, 7) is 0. The number of hydroxylamine groups is 2. The molecule has 1 unspecified atom stereocenters. The predicted molar refractivity (Wildman–Crippen MR) is 31.1 cm³/mol. The molecule has 5 heteroatoms. The summed E-state index contributed by atoms with van der Waals surface area (Å²) in [6, 6.07) is -0.544. The molecule has 10 heavy (non-hydrogen) atoms. The van der Waals surface area contributed by atoms with Crippen LogP contribution in [0.3, 0.4) is 0 Å². The monoisotopic (exact) mass is 144 g/mol. The van der Waals surface area contributed by atoms with E-state index in [1.54, 1.807) is 7.05 Å². The highest BCUT2D eigenvalue weighted by Crippen LogP contribution is 2.08. The molecule has 0 aromatic carbocycles. The number of nitrogens with zero attached hydrogens (tertiary/aromatic N) is 1. The van der Waals surface area contributed by atoms with E-state index in [4.69, 9.17) is 5.21 Å². The van der Waals surface area contributed by atoms with Crippen LogP contribution < -0.4 is 5.32 Å². The standard InChI is InChI=1S/C5H8N2O3/c1-6-3-2-4(8)7(10)5(3)9/h3,6,10H,2H2,1H3. The Hall–Kier alpha value is -0.940. The zero-order valence-corrected chi connectivity index (χ0v) is 5.50. The van der Waals surface area contributed by atoms with Gasteiger partial charge in [0.2, 0.25) is 0 Å². The molecule has 1 atom stereocenters. The Kier molecular flexibility index (Phi) is 1.69. The number of nitrogens with one attached hydrogen (secondary N) is 1. The maximum Gasteiger partial charge on any atom is 0.270 e. The lowest BCUT2D eigenvalue weighted by Crippen LogP contribution is -2.35. The van der Waals surface area contributed by atoms with Crippen LogP contribution in [0.1, 0.15) is 6.42 Å². The third kappa shape index (κ3) is 0.891. The highest BCUT2D eigenvalue weighted by molar-refractivity contribution is 6.04. The average molecular weight is 144 g/mol. The van der Waals surface area contributed by atoms with E-state index in [2.05, 4.69) is 5.32 Å². The van der Waals surface area contributed by atoms with E-state index < -0.39 is 17.9 Å². The van der Waals surface area contributed by atoms with Crippen LogP contribution in [-0.4, -0.2) is 35.2 Å². The van der Waals surface area contributed by atoms with Crippen LogP contribution in [0.4, 0.5) is 0 Å². The molecule has 1 saturated heterocycles. The Morgan fingerprint density at radius 3 is 2.50 bits per heavy atom. The molecular weight excluding hydrogens is 136 g/mol. The van der Waals surface area contributed by atoms with Gasteiger partial charge in [-0.3, -0.25) is 14.8 Å². The summed E-state index contributed by atoms with van der Waals surface area (Å²) in [7, 11) is 1.56. The van der Waals surface area contributed by atoms with Gasteiger partial charge in [0.05, 0.1) is 12.5 Å². The first kappa shape index (κ1) is 7.17. The van der Waals surface area contributed by atoms with Crippen molar-refractivity contribution in [2.75, 3.05) is 7.05 Å². The lowest BCUT2D eigenvalue weighted by Gasteiger charge is -2.03. The number of imide groups is 1. The van der Waals surface area contributed by atoms with Gasteiger partial charge < -0.3 is 5.32 Å². The van der Waals surface area contributed by atoms with Crippen molar-refractivity contribution in [3.63, 3.8) is 0 Å². The third-order valence-electron chi connectivity index (χ3n) is 1.47. The molecule has 1 aliphatic heterocycles. The smallest absolute Gasteiger partial charge is 0.270 e. The van der Waals surface area contributed by atoms with Crippen molar-refractivity contribution in [1.82, 2.24) is 10.4 Å². The summed E-state index contributed by atoms with van der Waals surface area (Å²) in [6.07, 6.45) is 0.0475. The zero-order chi connectivity index (χ0) is 7.72. The fourth-order valence-electron chi connectivity index (χ4n) is 0.844. The Morgan fingerprint density at radius 1 is 1.70 bits per heavy atom. The number of hydrogen-bond donors (Lipinski definition) is 2. The summed E-state index contributed by atoms with van der Waals surface area (Å²) in [5.74, 6) is -1.13. The SMILES string of the molecule is CNC1CC(=O)N(O)C1=O. The Balaban J connectivity index is 2.71. The van der Waals surface area contributed by atoms with Crippen molar-refractivity contribution in [3.8, 4) is 0 Å². The number of hydrogen-bond acceptors (Lipinski definition) is 4. The second-order valence-electron chi connectivity index (χ2n) is 2.09. The van der Waals surface area contributed by atoms with Crippen LogP contribution in [0.25, 0.3) is 0 Å². The number of amides is 2. The van der Waals surface area contributed by atoms with Crippen molar-refractivity contribution in [1.29, 1.82) is 0 Å².